The predicted octanol–water partition coefficient (Wildman–Crippen LogP) is 1.96. The fourth-order valence-electron chi connectivity index (χ4n) is 2.35. The second-order valence-electron chi connectivity index (χ2n) is 4.98. The number of methoxy groups -OCH3 is 1. The zero-order chi connectivity index (χ0) is 14.4. The highest BCUT2D eigenvalue weighted by Gasteiger charge is 2.16. The molecule has 0 bridgehead atoms. The number of rotatable bonds is 6. The first-order chi connectivity index (χ1) is 9.72. The van der Waals surface area contributed by atoms with Crippen molar-refractivity contribution in [1.29, 1.82) is 0 Å². The monoisotopic (exact) mass is 282 g/mol. The van der Waals surface area contributed by atoms with Gasteiger partial charge in [0, 0.05) is 32.8 Å². The molecule has 1 aromatic rings. The van der Waals surface area contributed by atoms with Gasteiger partial charge in [-0.1, -0.05) is 6.07 Å². The quantitative estimate of drug-likeness (QED) is 0.809. The van der Waals surface area contributed by atoms with Crippen molar-refractivity contribution >= 4 is 5.69 Å². The molecule has 1 aliphatic rings. The van der Waals surface area contributed by atoms with Crippen molar-refractivity contribution in [1.82, 2.24) is 5.32 Å². The Balaban J connectivity index is 2.01. The van der Waals surface area contributed by atoms with Crippen molar-refractivity contribution in [2.75, 3.05) is 51.5 Å². The Hall–Kier alpha value is -1.17. The molecule has 0 spiro atoms. The smallest absolute Gasteiger partial charge is 0.146 e. The van der Waals surface area contributed by atoms with Crippen LogP contribution in [0.2, 0.25) is 0 Å². The van der Waals surface area contributed by atoms with Crippen molar-refractivity contribution in [2.24, 2.45) is 0 Å². The third kappa shape index (κ3) is 3.91. The van der Waals surface area contributed by atoms with Gasteiger partial charge in [-0.2, -0.15) is 0 Å². The zero-order valence-corrected chi connectivity index (χ0v) is 12.2. The minimum absolute atomic E-state index is 0.110. The molecule has 0 amide bonds. The Morgan fingerprint density at radius 2 is 2.15 bits per heavy atom. The maximum atomic E-state index is 14.2. The summed E-state index contributed by atoms with van der Waals surface area (Å²) < 4.78 is 24.5. The minimum Gasteiger partial charge on any atom is -0.383 e. The van der Waals surface area contributed by atoms with E-state index in [1.165, 1.54) is 0 Å². The summed E-state index contributed by atoms with van der Waals surface area (Å²) >= 11 is 0. The van der Waals surface area contributed by atoms with Gasteiger partial charge in [0.05, 0.1) is 25.5 Å². The Bertz CT molecular complexity index is 422. The third-order valence-electron chi connectivity index (χ3n) is 3.58. The lowest BCUT2D eigenvalue weighted by atomic mass is 10.1. The molecule has 1 aliphatic heterocycles. The normalized spacial score (nSPS) is 17.2. The number of nitrogens with zero attached hydrogens (tertiary/aromatic N) is 1. The Morgan fingerprint density at radius 3 is 2.80 bits per heavy atom. The van der Waals surface area contributed by atoms with E-state index in [9.17, 15) is 4.39 Å². The van der Waals surface area contributed by atoms with Crippen LogP contribution >= 0.6 is 0 Å². The molecule has 112 valence electrons. The van der Waals surface area contributed by atoms with Gasteiger partial charge in [0.2, 0.25) is 0 Å². The molecule has 5 heteroatoms. The summed E-state index contributed by atoms with van der Waals surface area (Å²) in [7, 11) is 1.67. The average Bonchev–Trinajstić information content (AvgIpc) is 2.48. The van der Waals surface area contributed by atoms with Gasteiger partial charge in [0.1, 0.15) is 5.82 Å². The summed E-state index contributed by atoms with van der Waals surface area (Å²) in [5, 5.41) is 3.30. The zero-order valence-electron chi connectivity index (χ0n) is 12.2. The number of nitrogens with one attached hydrogen (secondary N) is 1. The fourth-order valence-corrected chi connectivity index (χ4v) is 2.35. The molecule has 0 aromatic heterocycles. The van der Waals surface area contributed by atoms with Crippen LogP contribution in [-0.4, -0.2) is 46.6 Å². The summed E-state index contributed by atoms with van der Waals surface area (Å²) in [5.74, 6) is -0.162. The average molecular weight is 282 g/mol. The number of hydrogen-bond donors (Lipinski definition) is 1. The van der Waals surface area contributed by atoms with E-state index in [0.717, 1.165) is 25.2 Å². The van der Waals surface area contributed by atoms with E-state index in [2.05, 4.69) is 5.32 Å². The van der Waals surface area contributed by atoms with E-state index in [-0.39, 0.29) is 11.9 Å². The van der Waals surface area contributed by atoms with E-state index < -0.39 is 0 Å². The first-order valence-electron chi connectivity index (χ1n) is 7.07. The predicted molar refractivity (Wildman–Crippen MR) is 77.7 cm³/mol. The van der Waals surface area contributed by atoms with Gasteiger partial charge in [0.25, 0.3) is 0 Å². The molecule has 1 atom stereocenters. The van der Waals surface area contributed by atoms with E-state index >= 15 is 0 Å². The number of anilines is 1. The van der Waals surface area contributed by atoms with E-state index in [1.54, 1.807) is 13.2 Å². The van der Waals surface area contributed by atoms with Crippen LogP contribution in [0.25, 0.3) is 0 Å². The summed E-state index contributed by atoms with van der Waals surface area (Å²) in [6.07, 6.45) is 0. The van der Waals surface area contributed by atoms with E-state index in [4.69, 9.17) is 9.47 Å². The molecule has 2 rings (SSSR count). The van der Waals surface area contributed by atoms with Gasteiger partial charge in [-0.05, 0) is 24.6 Å². The second-order valence-corrected chi connectivity index (χ2v) is 4.98. The highest BCUT2D eigenvalue weighted by Crippen LogP contribution is 2.24. The van der Waals surface area contributed by atoms with Crippen LogP contribution < -0.4 is 10.2 Å². The summed E-state index contributed by atoms with van der Waals surface area (Å²) in [6, 6.07) is 5.58. The first-order valence-corrected chi connectivity index (χ1v) is 7.07. The number of hydrogen-bond acceptors (Lipinski definition) is 4. The summed E-state index contributed by atoms with van der Waals surface area (Å²) in [5.41, 5.74) is 1.62. The van der Waals surface area contributed by atoms with Crippen molar-refractivity contribution in [3.05, 3.63) is 29.6 Å². The minimum atomic E-state index is -0.162. The van der Waals surface area contributed by atoms with Gasteiger partial charge >= 0.3 is 0 Å². The van der Waals surface area contributed by atoms with Crippen molar-refractivity contribution in [3.63, 3.8) is 0 Å². The third-order valence-corrected chi connectivity index (χ3v) is 3.58. The Kier molecular flexibility index (Phi) is 5.76. The maximum Gasteiger partial charge on any atom is 0.146 e. The van der Waals surface area contributed by atoms with Crippen LogP contribution in [0.4, 0.5) is 10.1 Å². The molecule has 0 unspecified atom stereocenters. The van der Waals surface area contributed by atoms with Crippen molar-refractivity contribution in [3.8, 4) is 0 Å². The van der Waals surface area contributed by atoms with Crippen LogP contribution in [0.1, 0.15) is 18.5 Å². The van der Waals surface area contributed by atoms with Gasteiger partial charge in [0.15, 0.2) is 0 Å². The molecular weight excluding hydrogens is 259 g/mol. The van der Waals surface area contributed by atoms with Crippen molar-refractivity contribution in [2.45, 2.75) is 13.0 Å². The molecule has 0 aliphatic carbocycles. The van der Waals surface area contributed by atoms with Gasteiger partial charge in [-0.3, -0.25) is 0 Å². The molecule has 4 nitrogen and oxygen atoms in total. The van der Waals surface area contributed by atoms with Gasteiger partial charge in [-0.15, -0.1) is 0 Å². The number of halogens is 1. The molecule has 0 saturated carbocycles. The lowest BCUT2D eigenvalue weighted by Gasteiger charge is -2.29. The van der Waals surface area contributed by atoms with Crippen LogP contribution in [0, 0.1) is 5.82 Å². The SMILES string of the molecule is COCCN[C@H](C)c1ccc(N2CCOCC2)c(F)c1. The summed E-state index contributed by atoms with van der Waals surface area (Å²) in [6.45, 7) is 6.25. The van der Waals surface area contributed by atoms with Crippen LogP contribution in [0.5, 0.6) is 0 Å². The highest BCUT2D eigenvalue weighted by molar-refractivity contribution is 5.49. The molecule has 1 N–H and O–H groups in total. The standard InChI is InChI=1S/C15H23FN2O2/c1-12(17-5-8-19-2)13-3-4-15(14(16)11-13)18-6-9-20-10-7-18/h3-4,11-12,17H,5-10H2,1-2H3/t12-/m1/s1. The molecule has 0 radical (unpaired) electrons. The molecule has 1 heterocycles. The largest absolute Gasteiger partial charge is 0.383 e. The highest BCUT2D eigenvalue weighted by atomic mass is 19.1. The molecular formula is C15H23FN2O2. The summed E-state index contributed by atoms with van der Waals surface area (Å²) in [4.78, 5) is 2.03. The number of ether oxygens (including phenoxy) is 2. The van der Waals surface area contributed by atoms with Crippen molar-refractivity contribution < 1.29 is 13.9 Å². The van der Waals surface area contributed by atoms with Crippen LogP contribution in [0.15, 0.2) is 18.2 Å². The second kappa shape index (κ2) is 7.57. The van der Waals surface area contributed by atoms with E-state index in [0.29, 0.717) is 25.5 Å². The lowest BCUT2D eigenvalue weighted by molar-refractivity contribution is 0.122. The molecule has 1 saturated heterocycles. The first kappa shape index (κ1) is 15.2. The maximum absolute atomic E-state index is 14.2. The van der Waals surface area contributed by atoms with Gasteiger partial charge in [-0.25, -0.2) is 4.39 Å². The fraction of sp³-hybridized carbons (Fsp3) is 0.600. The molecule has 1 aromatic carbocycles. The Labute approximate surface area is 119 Å². The topological polar surface area (TPSA) is 33.7 Å². The molecule has 20 heavy (non-hydrogen) atoms. The lowest BCUT2D eigenvalue weighted by Crippen LogP contribution is -2.36. The van der Waals surface area contributed by atoms with E-state index in [1.807, 2.05) is 24.0 Å². The number of benzene rings is 1. The number of morpholine rings is 1. The van der Waals surface area contributed by atoms with Crippen LogP contribution in [0.3, 0.4) is 0 Å². The Morgan fingerprint density at radius 1 is 1.40 bits per heavy atom. The van der Waals surface area contributed by atoms with Crippen LogP contribution in [-0.2, 0) is 9.47 Å². The molecule has 1 fully saturated rings. The van der Waals surface area contributed by atoms with Gasteiger partial charge < -0.3 is 19.7 Å².